The summed E-state index contributed by atoms with van der Waals surface area (Å²) in [5, 5.41) is 3.22. The van der Waals surface area contributed by atoms with Crippen LogP contribution in [0.1, 0.15) is 18.4 Å². The van der Waals surface area contributed by atoms with Gasteiger partial charge in [-0.25, -0.2) is 0 Å². The Morgan fingerprint density at radius 2 is 2.15 bits per heavy atom. The minimum atomic E-state index is 0.0839. The van der Waals surface area contributed by atoms with Crippen LogP contribution in [0.5, 0.6) is 5.75 Å². The normalized spacial score (nSPS) is 18.6. The number of carbonyl (C=O) groups excluding carboxylic acids is 1. The molecule has 1 amide bonds. The van der Waals surface area contributed by atoms with Crippen molar-refractivity contribution in [1.29, 1.82) is 0 Å². The molecule has 2 aliphatic heterocycles. The lowest BCUT2D eigenvalue weighted by Crippen LogP contribution is -2.34. The molecule has 4 rings (SSSR count). The molecule has 136 valence electrons. The van der Waals surface area contributed by atoms with Crippen LogP contribution in [0, 0.1) is 0 Å². The number of ether oxygens (including phenoxy) is 2. The maximum Gasteiger partial charge on any atom is 0.246 e. The molecular formula is C21H24N2O3. The summed E-state index contributed by atoms with van der Waals surface area (Å²) in [5.74, 6) is 0.880. The zero-order valence-electron chi connectivity index (χ0n) is 14.8. The van der Waals surface area contributed by atoms with Crippen molar-refractivity contribution in [1.82, 2.24) is 0 Å². The second-order valence-corrected chi connectivity index (χ2v) is 6.75. The van der Waals surface area contributed by atoms with Crippen LogP contribution in [-0.4, -0.2) is 38.3 Å². The number of rotatable bonds is 6. The van der Waals surface area contributed by atoms with Crippen molar-refractivity contribution in [3.63, 3.8) is 0 Å². The molecule has 0 aromatic heterocycles. The Morgan fingerprint density at radius 3 is 3.04 bits per heavy atom. The number of fused-ring (bicyclic) bond motifs is 1. The Hall–Kier alpha value is -2.53. The first-order chi connectivity index (χ1) is 12.8. The molecule has 1 saturated heterocycles. The molecule has 2 heterocycles. The number of benzene rings is 2. The van der Waals surface area contributed by atoms with Crippen LogP contribution >= 0.6 is 0 Å². The van der Waals surface area contributed by atoms with Crippen LogP contribution in [0.25, 0.3) is 0 Å². The zero-order chi connectivity index (χ0) is 17.8. The Labute approximate surface area is 153 Å². The molecule has 2 aliphatic rings. The van der Waals surface area contributed by atoms with Gasteiger partial charge in [0.05, 0.1) is 12.6 Å². The minimum Gasteiger partial charge on any atom is -0.491 e. The molecule has 0 spiro atoms. The summed E-state index contributed by atoms with van der Waals surface area (Å²) in [4.78, 5) is 14.4. The summed E-state index contributed by atoms with van der Waals surface area (Å²) in [5.41, 5.74) is 3.16. The first-order valence-electron chi connectivity index (χ1n) is 9.26. The van der Waals surface area contributed by atoms with Crippen molar-refractivity contribution < 1.29 is 14.3 Å². The lowest BCUT2D eigenvalue weighted by molar-refractivity contribution is -0.116. The fourth-order valence-electron chi connectivity index (χ4n) is 3.53. The van der Waals surface area contributed by atoms with E-state index in [4.69, 9.17) is 9.47 Å². The van der Waals surface area contributed by atoms with E-state index in [1.807, 2.05) is 47.4 Å². The number of para-hydroxylation sites is 1. The number of hydrogen-bond donors (Lipinski definition) is 1. The average molecular weight is 352 g/mol. The van der Waals surface area contributed by atoms with E-state index in [0.717, 1.165) is 49.5 Å². The molecule has 1 fully saturated rings. The maximum absolute atomic E-state index is 12.6. The number of amides is 1. The molecule has 2 aromatic carbocycles. The van der Waals surface area contributed by atoms with Crippen LogP contribution in [0.15, 0.2) is 48.5 Å². The van der Waals surface area contributed by atoms with Crippen LogP contribution in [0.4, 0.5) is 11.4 Å². The highest BCUT2D eigenvalue weighted by Crippen LogP contribution is 2.27. The standard InChI is InChI=1S/C21H24N2O3/c24-21(23-11-10-16-5-1-2-9-20(16)23)14-22-17-6-3-7-18(13-17)26-15-19-8-4-12-25-19/h1-3,5-7,9,13,19,22H,4,8,10-12,14-15H2. The number of nitrogens with one attached hydrogen (secondary N) is 1. The molecule has 0 saturated carbocycles. The molecule has 1 unspecified atom stereocenters. The van der Waals surface area contributed by atoms with Gasteiger partial charge in [0.15, 0.2) is 0 Å². The summed E-state index contributed by atoms with van der Waals surface area (Å²) < 4.78 is 11.4. The highest BCUT2D eigenvalue weighted by Gasteiger charge is 2.23. The van der Waals surface area contributed by atoms with Crippen molar-refractivity contribution in [3.8, 4) is 5.75 Å². The quantitative estimate of drug-likeness (QED) is 0.867. The van der Waals surface area contributed by atoms with Crippen LogP contribution < -0.4 is 15.0 Å². The number of anilines is 2. The van der Waals surface area contributed by atoms with E-state index in [9.17, 15) is 4.79 Å². The van der Waals surface area contributed by atoms with Gasteiger partial charge in [0.2, 0.25) is 5.91 Å². The van der Waals surface area contributed by atoms with E-state index in [2.05, 4.69) is 11.4 Å². The summed E-state index contributed by atoms with van der Waals surface area (Å²) in [6.07, 6.45) is 3.29. The van der Waals surface area contributed by atoms with Crippen LogP contribution in [-0.2, 0) is 16.0 Å². The second kappa shape index (κ2) is 7.79. The lowest BCUT2D eigenvalue weighted by atomic mass is 10.2. The predicted octanol–water partition coefficient (Wildman–Crippen LogP) is 3.25. The first-order valence-corrected chi connectivity index (χ1v) is 9.26. The van der Waals surface area contributed by atoms with E-state index in [1.54, 1.807) is 0 Å². The van der Waals surface area contributed by atoms with Crippen LogP contribution in [0.2, 0.25) is 0 Å². The highest BCUT2D eigenvalue weighted by molar-refractivity contribution is 5.98. The Kier molecular flexibility index (Phi) is 5.07. The lowest BCUT2D eigenvalue weighted by Gasteiger charge is -2.18. The van der Waals surface area contributed by atoms with Crippen molar-refractivity contribution in [2.24, 2.45) is 0 Å². The molecule has 1 atom stereocenters. The van der Waals surface area contributed by atoms with Gasteiger partial charge in [-0.3, -0.25) is 4.79 Å². The summed E-state index contributed by atoms with van der Waals surface area (Å²) in [6, 6.07) is 15.8. The first kappa shape index (κ1) is 16.9. The predicted molar refractivity (Wildman–Crippen MR) is 102 cm³/mol. The second-order valence-electron chi connectivity index (χ2n) is 6.75. The third-order valence-corrected chi connectivity index (χ3v) is 4.93. The van der Waals surface area contributed by atoms with Gasteiger partial charge in [0.1, 0.15) is 12.4 Å². The Bertz CT molecular complexity index is 771. The molecule has 1 N–H and O–H groups in total. The fourth-order valence-corrected chi connectivity index (χ4v) is 3.53. The molecule has 0 radical (unpaired) electrons. The van der Waals surface area contributed by atoms with E-state index < -0.39 is 0 Å². The summed E-state index contributed by atoms with van der Waals surface area (Å²) >= 11 is 0. The summed E-state index contributed by atoms with van der Waals surface area (Å²) in [7, 11) is 0. The van der Waals surface area contributed by atoms with E-state index in [1.165, 1.54) is 5.56 Å². The van der Waals surface area contributed by atoms with Crippen LogP contribution in [0.3, 0.4) is 0 Å². The van der Waals surface area contributed by atoms with Crippen molar-refractivity contribution in [2.45, 2.75) is 25.4 Å². The van der Waals surface area contributed by atoms with Gasteiger partial charge in [-0.05, 0) is 43.0 Å². The Balaban J connectivity index is 1.31. The van der Waals surface area contributed by atoms with E-state index >= 15 is 0 Å². The largest absolute Gasteiger partial charge is 0.491 e. The van der Waals surface area contributed by atoms with Gasteiger partial charge >= 0.3 is 0 Å². The molecular weight excluding hydrogens is 328 g/mol. The van der Waals surface area contributed by atoms with Gasteiger partial charge in [-0.1, -0.05) is 24.3 Å². The van der Waals surface area contributed by atoms with Crippen molar-refractivity contribution in [3.05, 3.63) is 54.1 Å². The minimum absolute atomic E-state index is 0.0839. The van der Waals surface area contributed by atoms with Gasteiger partial charge in [0.25, 0.3) is 0 Å². The molecule has 2 aromatic rings. The van der Waals surface area contributed by atoms with Gasteiger partial charge < -0.3 is 19.7 Å². The van der Waals surface area contributed by atoms with Gasteiger partial charge in [-0.15, -0.1) is 0 Å². The third-order valence-electron chi connectivity index (χ3n) is 4.93. The number of hydrogen-bond acceptors (Lipinski definition) is 4. The maximum atomic E-state index is 12.6. The summed E-state index contributed by atoms with van der Waals surface area (Å²) in [6.45, 7) is 2.43. The molecule has 26 heavy (non-hydrogen) atoms. The van der Waals surface area contributed by atoms with E-state index in [-0.39, 0.29) is 18.6 Å². The van der Waals surface area contributed by atoms with Gasteiger partial charge in [-0.2, -0.15) is 0 Å². The van der Waals surface area contributed by atoms with Crippen molar-refractivity contribution >= 4 is 17.3 Å². The Morgan fingerprint density at radius 1 is 1.23 bits per heavy atom. The zero-order valence-corrected chi connectivity index (χ0v) is 14.8. The smallest absolute Gasteiger partial charge is 0.246 e. The van der Waals surface area contributed by atoms with Crippen molar-refractivity contribution in [2.75, 3.05) is 36.5 Å². The van der Waals surface area contributed by atoms with E-state index in [0.29, 0.717) is 6.61 Å². The molecule has 0 aliphatic carbocycles. The SMILES string of the molecule is O=C(CNc1cccc(OCC2CCCO2)c1)N1CCc2ccccc21. The number of carbonyl (C=O) groups is 1. The highest BCUT2D eigenvalue weighted by atomic mass is 16.5. The van der Waals surface area contributed by atoms with Gasteiger partial charge in [0, 0.05) is 30.6 Å². The number of nitrogens with zero attached hydrogens (tertiary/aromatic N) is 1. The molecule has 5 heteroatoms. The average Bonchev–Trinajstić information content (AvgIpc) is 3.34. The monoisotopic (exact) mass is 352 g/mol. The fraction of sp³-hybridized carbons (Fsp3) is 0.381. The third kappa shape index (κ3) is 3.83. The molecule has 0 bridgehead atoms. The molecule has 5 nitrogen and oxygen atoms in total. The topological polar surface area (TPSA) is 50.8 Å².